The molecular weight excluding hydrogens is 661 g/mol. The Kier molecular flexibility index (Phi) is 9.34. The van der Waals surface area contributed by atoms with Crippen molar-refractivity contribution in [2.75, 3.05) is 5.32 Å². The summed E-state index contributed by atoms with van der Waals surface area (Å²) in [5.41, 5.74) is 10.2. The van der Waals surface area contributed by atoms with Gasteiger partial charge >= 0.3 is 11.9 Å². The van der Waals surface area contributed by atoms with Crippen LogP contribution in [0.2, 0.25) is 0 Å². The number of hydrogen-bond acceptors (Lipinski definition) is 7. The lowest BCUT2D eigenvalue weighted by Gasteiger charge is -2.71. The molecule has 6 rings (SSSR count). The van der Waals surface area contributed by atoms with Gasteiger partial charge in [-0.2, -0.15) is 0 Å². The van der Waals surface area contributed by atoms with Gasteiger partial charge in [-0.1, -0.05) is 46.3 Å². The summed E-state index contributed by atoms with van der Waals surface area (Å²) in [6, 6.07) is 9.83. The summed E-state index contributed by atoms with van der Waals surface area (Å²) in [6.45, 7) is 17.9. The second-order valence-corrected chi connectivity index (χ2v) is 18.0. The minimum Gasteiger partial charge on any atom is -0.423 e. The van der Waals surface area contributed by atoms with Crippen LogP contribution < -0.4 is 20.5 Å². The Hall–Kier alpha value is -3.59. The highest BCUT2D eigenvalue weighted by atomic mass is 32.2. The van der Waals surface area contributed by atoms with E-state index < -0.39 is 17.4 Å². The van der Waals surface area contributed by atoms with Crippen molar-refractivity contribution in [2.24, 2.45) is 33.3 Å². The summed E-state index contributed by atoms with van der Waals surface area (Å²) < 4.78 is 11.6. The molecule has 51 heavy (non-hydrogen) atoms. The minimum atomic E-state index is -0.524. The Morgan fingerprint density at radius 3 is 2.14 bits per heavy atom. The number of carbonyl (C=O) groups excluding carboxylic acids is 4. The lowest BCUT2D eigenvalue weighted by molar-refractivity contribution is -0.174. The predicted molar refractivity (Wildman–Crippen MR) is 201 cm³/mol. The van der Waals surface area contributed by atoms with Gasteiger partial charge < -0.3 is 20.5 Å². The summed E-state index contributed by atoms with van der Waals surface area (Å²) in [4.78, 5) is 50.5. The fourth-order valence-corrected chi connectivity index (χ4v) is 12.2. The van der Waals surface area contributed by atoms with E-state index in [4.69, 9.17) is 15.2 Å². The van der Waals surface area contributed by atoms with Gasteiger partial charge in [0.05, 0.1) is 5.25 Å². The smallest absolute Gasteiger partial charge is 0.308 e. The van der Waals surface area contributed by atoms with Gasteiger partial charge in [0.25, 0.3) is 0 Å². The van der Waals surface area contributed by atoms with Gasteiger partial charge in [0.2, 0.25) is 11.8 Å². The molecule has 3 saturated carbocycles. The molecule has 1 unspecified atom stereocenters. The summed E-state index contributed by atoms with van der Waals surface area (Å²) in [5.74, 6) is -0.405. The molecule has 0 heterocycles. The number of hydrogen-bond donors (Lipinski definition) is 2. The number of rotatable bonds is 7. The number of thioether (sulfide) groups is 1. The monoisotopic (exact) mass is 714 g/mol. The predicted octanol–water partition coefficient (Wildman–Crippen LogP) is 9.12. The first-order valence-corrected chi connectivity index (χ1v) is 19.3. The maximum absolute atomic E-state index is 12.9. The van der Waals surface area contributed by atoms with E-state index in [2.05, 4.69) is 46.0 Å². The largest absolute Gasteiger partial charge is 0.423 e. The third-order valence-corrected chi connectivity index (χ3v) is 15.0. The molecule has 0 saturated heterocycles. The Balaban J connectivity index is 1.56. The number of allylic oxidation sites excluding steroid dienone is 1. The maximum Gasteiger partial charge on any atom is 0.308 e. The molecule has 4 aliphatic rings. The van der Waals surface area contributed by atoms with Crippen molar-refractivity contribution in [3.05, 3.63) is 58.7 Å². The van der Waals surface area contributed by atoms with Gasteiger partial charge in [-0.25, -0.2) is 0 Å². The van der Waals surface area contributed by atoms with Crippen LogP contribution in [-0.2, 0) is 24.6 Å². The molecule has 0 aliphatic heterocycles. The highest BCUT2D eigenvalue weighted by Crippen LogP contribution is 2.76. The second-order valence-electron chi connectivity index (χ2n) is 16.8. The Morgan fingerprint density at radius 2 is 1.55 bits per heavy atom. The van der Waals surface area contributed by atoms with Gasteiger partial charge in [-0.15, -0.1) is 11.8 Å². The molecular formula is C42H54N2O6S. The SMILES string of the molecule is CC[C@@]12CC[C@]3(C)C(=CC(Sc4ccc(NC(C)=O)cc4)c4c3cc(OC(C)=O)c(OC(C)=O)c4C)[C@@]1(C)CC[C@@]1(C)CC[C@@](C)(C(N)=O)C[C@H]12. The number of fused-ring (bicyclic) bond motifs is 7. The molecule has 7 atom stereocenters. The van der Waals surface area contributed by atoms with Crippen molar-refractivity contribution in [3.8, 4) is 11.5 Å². The number of nitrogens with two attached hydrogens (primary N) is 1. The molecule has 2 amide bonds. The lowest BCUT2D eigenvalue weighted by Crippen LogP contribution is -2.64. The summed E-state index contributed by atoms with van der Waals surface area (Å²) in [7, 11) is 0. The topological polar surface area (TPSA) is 125 Å². The van der Waals surface area contributed by atoms with Gasteiger partial charge in [0.1, 0.15) is 0 Å². The van der Waals surface area contributed by atoms with Crippen molar-refractivity contribution in [3.63, 3.8) is 0 Å². The van der Waals surface area contributed by atoms with E-state index in [1.54, 1.807) is 11.8 Å². The summed E-state index contributed by atoms with van der Waals surface area (Å²) in [6.07, 6.45) is 10.2. The number of ether oxygens (including phenoxy) is 2. The summed E-state index contributed by atoms with van der Waals surface area (Å²) in [5, 5.41) is 2.71. The number of nitrogens with one attached hydrogen (secondary N) is 1. The molecule has 0 aromatic heterocycles. The first kappa shape index (κ1) is 37.2. The van der Waals surface area contributed by atoms with Crippen molar-refractivity contribution in [2.45, 2.75) is 129 Å². The number of anilines is 1. The Bertz CT molecular complexity index is 1840. The number of amides is 2. The van der Waals surface area contributed by atoms with E-state index in [0.29, 0.717) is 5.92 Å². The van der Waals surface area contributed by atoms with Gasteiger partial charge in [0, 0.05) is 47.7 Å². The van der Waals surface area contributed by atoms with E-state index in [0.717, 1.165) is 78.6 Å². The quantitative estimate of drug-likeness (QED) is 0.167. The van der Waals surface area contributed by atoms with E-state index in [1.807, 2.05) is 37.3 Å². The molecule has 4 aliphatic carbocycles. The van der Waals surface area contributed by atoms with Crippen LogP contribution in [0.3, 0.4) is 0 Å². The van der Waals surface area contributed by atoms with E-state index >= 15 is 0 Å². The second kappa shape index (κ2) is 12.8. The minimum absolute atomic E-state index is 0.0410. The van der Waals surface area contributed by atoms with Gasteiger partial charge in [0.15, 0.2) is 11.5 Å². The van der Waals surface area contributed by atoms with Crippen LogP contribution in [0, 0.1) is 34.5 Å². The molecule has 8 nitrogen and oxygen atoms in total. The Morgan fingerprint density at radius 1 is 0.902 bits per heavy atom. The molecule has 0 bridgehead atoms. The van der Waals surface area contributed by atoms with Crippen molar-refractivity contribution in [1.82, 2.24) is 0 Å². The molecule has 3 N–H and O–H groups in total. The van der Waals surface area contributed by atoms with E-state index in [9.17, 15) is 19.2 Å². The average molecular weight is 715 g/mol. The van der Waals surface area contributed by atoms with Crippen molar-refractivity contribution in [1.29, 1.82) is 0 Å². The number of benzene rings is 2. The number of primary amides is 1. The molecule has 9 heteroatoms. The number of esters is 2. The standard InChI is InChI=1S/C42H54N2O6S/c1-10-42-20-18-40(8)30-21-31(49-26(4)46)36(50-27(5)47)24(2)35(30)32(51-29-13-11-28(12-14-29)44-25(3)45)22-33(40)41(42,9)19-17-38(6)15-16-39(7,37(43)48)23-34(38)42/h11-14,21-22,32,34H,10,15-20,23H2,1-9H3,(H2,43,48)(H,44,45)/t32?,34-,38-,39-,40+,41-,42+/m1/s1. The first-order chi connectivity index (χ1) is 23.8. The van der Waals surface area contributed by atoms with Crippen LogP contribution in [0.4, 0.5) is 5.69 Å². The zero-order valence-electron chi connectivity index (χ0n) is 31.7. The van der Waals surface area contributed by atoms with Crippen LogP contribution in [0.1, 0.15) is 129 Å². The fourth-order valence-electron chi connectivity index (χ4n) is 11.0. The van der Waals surface area contributed by atoms with Crippen molar-refractivity contribution < 1.29 is 28.7 Å². The molecule has 3 fully saturated rings. The van der Waals surface area contributed by atoms with Crippen molar-refractivity contribution >= 4 is 41.2 Å². The number of carbonyl (C=O) groups is 4. The van der Waals surface area contributed by atoms with E-state index in [1.165, 1.54) is 26.3 Å². The van der Waals surface area contributed by atoms with Crippen LogP contribution in [0.5, 0.6) is 11.5 Å². The zero-order chi connectivity index (χ0) is 37.3. The third kappa shape index (κ3) is 5.91. The molecule has 0 spiro atoms. The highest BCUT2D eigenvalue weighted by molar-refractivity contribution is 7.99. The maximum atomic E-state index is 12.9. The first-order valence-electron chi connectivity index (χ1n) is 18.4. The average Bonchev–Trinajstić information content (AvgIpc) is 3.05. The fraction of sp³-hybridized carbons (Fsp3) is 0.571. The highest BCUT2D eigenvalue weighted by Gasteiger charge is 2.68. The van der Waals surface area contributed by atoms with Crippen LogP contribution >= 0.6 is 11.8 Å². The molecule has 2 aromatic rings. The molecule has 0 radical (unpaired) electrons. The zero-order valence-corrected chi connectivity index (χ0v) is 32.5. The van der Waals surface area contributed by atoms with Crippen LogP contribution in [0.25, 0.3) is 0 Å². The van der Waals surface area contributed by atoms with Gasteiger partial charge in [-0.05, 0) is 122 Å². The molecule has 274 valence electrons. The third-order valence-electron chi connectivity index (χ3n) is 13.9. The molecule has 2 aromatic carbocycles. The van der Waals surface area contributed by atoms with E-state index in [-0.39, 0.29) is 50.2 Å². The Labute approximate surface area is 307 Å². The lowest BCUT2D eigenvalue weighted by atomic mass is 9.33. The summed E-state index contributed by atoms with van der Waals surface area (Å²) >= 11 is 1.72. The normalized spacial score (nSPS) is 33.7. The van der Waals surface area contributed by atoms with Gasteiger partial charge in [-0.3, -0.25) is 19.2 Å². The van der Waals surface area contributed by atoms with Crippen LogP contribution in [-0.4, -0.2) is 23.8 Å². The van der Waals surface area contributed by atoms with Crippen LogP contribution in [0.15, 0.2) is 46.9 Å².